The molecule has 0 saturated heterocycles. The summed E-state index contributed by atoms with van der Waals surface area (Å²) in [6.07, 6.45) is 0.929. The standard InChI is InChI=1S/C11H18N4O/c1-9-5-6-10(14-13-9)11(16)12-7-4-8-15(2)3/h5-6H,4,7-8H2,1-3H3,(H,12,16). The van der Waals surface area contributed by atoms with Gasteiger partial charge in [-0.05, 0) is 46.1 Å². The van der Waals surface area contributed by atoms with Crippen molar-refractivity contribution in [3.8, 4) is 0 Å². The SMILES string of the molecule is Cc1ccc(C(=O)NCCCN(C)C)nn1. The summed E-state index contributed by atoms with van der Waals surface area (Å²) >= 11 is 0. The van der Waals surface area contributed by atoms with Crippen LogP contribution in [-0.2, 0) is 0 Å². The molecule has 1 N–H and O–H groups in total. The Kier molecular flexibility index (Phi) is 4.85. The highest BCUT2D eigenvalue weighted by Gasteiger charge is 2.06. The van der Waals surface area contributed by atoms with Crippen molar-refractivity contribution in [1.29, 1.82) is 0 Å². The van der Waals surface area contributed by atoms with Crippen molar-refractivity contribution in [2.45, 2.75) is 13.3 Å². The molecule has 0 saturated carbocycles. The zero-order chi connectivity index (χ0) is 12.0. The van der Waals surface area contributed by atoms with Gasteiger partial charge in [-0.1, -0.05) is 0 Å². The third-order valence-electron chi connectivity index (χ3n) is 2.10. The Morgan fingerprint density at radius 1 is 1.38 bits per heavy atom. The van der Waals surface area contributed by atoms with Gasteiger partial charge in [0.1, 0.15) is 0 Å². The molecule has 0 radical (unpaired) electrons. The molecule has 5 heteroatoms. The van der Waals surface area contributed by atoms with Gasteiger partial charge in [-0.15, -0.1) is 5.10 Å². The number of aromatic nitrogens is 2. The summed E-state index contributed by atoms with van der Waals surface area (Å²) in [5.41, 5.74) is 1.18. The molecule has 0 aliphatic rings. The molecule has 1 heterocycles. The molecule has 1 amide bonds. The molecular formula is C11H18N4O. The summed E-state index contributed by atoms with van der Waals surface area (Å²) in [4.78, 5) is 13.7. The second kappa shape index (κ2) is 6.17. The Hall–Kier alpha value is -1.49. The molecule has 0 aromatic carbocycles. The van der Waals surface area contributed by atoms with Gasteiger partial charge in [0.2, 0.25) is 0 Å². The van der Waals surface area contributed by atoms with Gasteiger partial charge in [0.25, 0.3) is 5.91 Å². The second-order valence-corrected chi connectivity index (χ2v) is 3.97. The van der Waals surface area contributed by atoms with Gasteiger partial charge in [0.15, 0.2) is 5.69 Å². The zero-order valence-corrected chi connectivity index (χ0v) is 10.0. The number of aryl methyl sites for hydroxylation is 1. The van der Waals surface area contributed by atoms with Crippen LogP contribution in [0.25, 0.3) is 0 Å². The maximum atomic E-state index is 11.6. The van der Waals surface area contributed by atoms with E-state index < -0.39 is 0 Å². The van der Waals surface area contributed by atoms with E-state index in [9.17, 15) is 4.79 Å². The maximum Gasteiger partial charge on any atom is 0.271 e. The van der Waals surface area contributed by atoms with Crippen LogP contribution in [0.15, 0.2) is 12.1 Å². The van der Waals surface area contributed by atoms with E-state index in [2.05, 4.69) is 20.4 Å². The highest BCUT2D eigenvalue weighted by molar-refractivity contribution is 5.91. The number of amides is 1. The smallest absolute Gasteiger partial charge is 0.271 e. The van der Waals surface area contributed by atoms with Crippen molar-refractivity contribution in [2.75, 3.05) is 27.2 Å². The van der Waals surface area contributed by atoms with Crippen molar-refractivity contribution in [1.82, 2.24) is 20.4 Å². The van der Waals surface area contributed by atoms with Crippen molar-refractivity contribution in [3.63, 3.8) is 0 Å². The molecule has 0 fully saturated rings. The largest absolute Gasteiger partial charge is 0.351 e. The van der Waals surface area contributed by atoms with Crippen LogP contribution < -0.4 is 5.32 Å². The molecule has 16 heavy (non-hydrogen) atoms. The predicted molar refractivity (Wildman–Crippen MR) is 62.3 cm³/mol. The minimum absolute atomic E-state index is 0.161. The molecule has 88 valence electrons. The number of carbonyl (C=O) groups is 1. The van der Waals surface area contributed by atoms with E-state index in [-0.39, 0.29) is 5.91 Å². The van der Waals surface area contributed by atoms with Crippen LogP contribution in [0.1, 0.15) is 22.6 Å². The van der Waals surface area contributed by atoms with Gasteiger partial charge in [-0.2, -0.15) is 5.10 Å². The minimum Gasteiger partial charge on any atom is -0.351 e. The maximum absolute atomic E-state index is 11.6. The molecular weight excluding hydrogens is 204 g/mol. The molecule has 1 aromatic heterocycles. The lowest BCUT2D eigenvalue weighted by Gasteiger charge is -2.09. The van der Waals surface area contributed by atoms with Crippen LogP contribution >= 0.6 is 0 Å². The lowest BCUT2D eigenvalue weighted by molar-refractivity contribution is 0.0946. The second-order valence-electron chi connectivity index (χ2n) is 3.97. The van der Waals surface area contributed by atoms with Gasteiger partial charge < -0.3 is 10.2 Å². The van der Waals surface area contributed by atoms with Gasteiger partial charge in [0, 0.05) is 6.54 Å². The number of rotatable bonds is 5. The topological polar surface area (TPSA) is 58.1 Å². The van der Waals surface area contributed by atoms with Gasteiger partial charge in [-0.3, -0.25) is 4.79 Å². The Morgan fingerprint density at radius 3 is 2.69 bits per heavy atom. The minimum atomic E-state index is -0.161. The van der Waals surface area contributed by atoms with Crippen LogP contribution in [0.5, 0.6) is 0 Å². The van der Waals surface area contributed by atoms with E-state index in [1.165, 1.54) is 0 Å². The highest BCUT2D eigenvalue weighted by Crippen LogP contribution is 1.94. The fourth-order valence-corrected chi connectivity index (χ4v) is 1.21. The molecule has 1 aromatic rings. The van der Waals surface area contributed by atoms with Crippen molar-refractivity contribution < 1.29 is 4.79 Å². The molecule has 0 bridgehead atoms. The Morgan fingerprint density at radius 2 is 2.12 bits per heavy atom. The zero-order valence-electron chi connectivity index (χ0n) is 10.0. The first-order chi connectivity index (χ1) is 7.59. The number of nitrogens with zero attached hydrogens (tertiary/aromatic N) is 3. The van der Waals surface area contributed by atoms with Crippen LogP contribution in [-0.4, -0.2) is 48.2 Å². The summed E-state index contributed by atoms with van der Waals surface area (Å²) < 4.78 is 0. The fraction of sp³-hybridized carbons (Fsp3) is 0.545. The van der Waals surface area contributed by atoms with E-state index in [1.807, 2.05) is 21.0 Å². The summed E-state index contributed by atoms with van der Waals surface area (Å²) in [6, 6.07) is 3.46. The Labute approximate surface area is 95.9 Å². The van der Waals surface area contributed by atoms with Crippen LogP contribution in [0.2, 0.25) is 0 Å². The van der Waals surface area contributed by atoms with E-state index in [4.69, 9.17) is 0 Å². The lowest BCUT2D eigenvalue weighted by Crippen LogP contribution is -2.28. The monoisotopic (exact) mass is 222 g/mol. The molecule has 0 unspecified atom stereocenters. The first-order valence-electron chi connectivity index (χ1n) is 5.33. The summed E-state index contributed by atoms with van der Waals surface area (Å²) in [5.74, 6) is -0.161. The summed E-state index contributed by atoms with van der Waals surface area (Å²) in [6.45, 7) is 3.46. The van der Waals surface area contributed by atoms with Gasteiger partial charge in [-0.25, -0.2) is 0 Å². The fourth-order valence-electron chi connectivity index (χ4n) is 1.21. The van der Waals surface area contributed by atoms with E-state index in [1.54, 1.807) is 12.1 Å². The third kappa shape index (κ3) is 4.35. The average Bonchev–Trinajstić information content (AvgIpc) is 2.25. The highest BCUT2D eigenvalue weighted by atomic mass is 16.1. The van der Waals surface area contributed by atoms with Crippen molar-refractivity contribution in [2.24, 2.45) is 0 Å². The average molecular weight is 222 g/mol. The van der Waals surface area contributed by atoms with Crippen molar-refractivity contribution >= 4 is 5.91 Å². The Bertz CT molecular complexity index is 334. The Balaban J connectivity index is 2.32. The van der Waals surface area contributed by atoms with Gasteiger partial charge >= 0.3 is 0 Å². The molecule has 0 spiro atoms. The first kappa shape index (κ1) is 12.6. The first-order valence-corrected chi connectivity index (χ1v) is 5.33. The third-order valence-corrected chi connectivity index (χ3v) is 2.10. The van der Waals surface area contributed by atoms with E-state index in [0.29, 0.717) is 12.2 Å². The molecule has 5 nitrogen and oxygen atoms in total. The lowest BCUT2D eigenvalue weighted by atomic mass is 10.3. The van der Waals surface area contributed by atoms with E-state index in [0.717, 1.165) is 18.7 Å². The van der Waals surface area contributed by atoms with Gasteiger partial charge in [0.05, 0.1) is 5.69 Å². The van der Waals surface area contributed by atoms with Crippen LogP contribution in [0, 0.1) is 6.92 Å². The quantitative estimate of drug-likeness (QED) is 0.736. The number of hydrogen-bond donors (Lipinski definition) is 1. The normalized spacial score (nSPS) is 10.5. The van der Waals surface area contributed by atoms with E-state index >= 15 is 0 Å². The molecule has 0 aliphatic carbocycles. The predicted octanol–water partition coefficient (Wildman–Crippen LogP) is 0.467. The molecule has 1 rings (SSSR count). The number of nitrogens with one attached hydrogen (secondary N) is 1. The summed E-state index contributed by atoms with van der Waals surface area (Å²) in [5, 5.41) is 10.5. The van der Waals surface area contributed by atoms with Crippen LogP contribution in [0.4, 0.5) is 0 Å². The van der Waals surface area contributed by atoms with Crippen LogP contribution in [0.3, 0.4) is 0 Å². The number of hydrogen-bond acceptors (Lipinski definition) is 4. The number of carbonyl (C=O) groups excluding carboxylic acids is 1. The summed E-state index contributed by atoms with van der Waals surface area (Å²) in [7, 11) is 4.01. The molecule has 0 aliphatic heterocycles. The molecule has 0 atom stereocenters. The van der Waals surface area contributed by atoms with Crippen molar-refractivity contribution in [3.05, 3.63) is 23.5 Å².